The second-order valence-electron chi connectivity index (χ2n) is 7.48. The molecule has 3 aromatic rings. The van der Waals surface area contributed by atoms with Gasteiger partial charge in [0.15, 0.2) is 6.61 Å². The van der Waals surface area contributed by atoms with Crippen molar-refractivity contribution in [2.45, 2.75) is 19.3 Å². The van der Waals surface area contributed by atoms with Gasteiger partial charge in [-0.3, -0.25) is 4.79 Å². The highest BCUT2D eigenvalue weighted by molar-refractivity contribution is 7.21. The van der Waals surface area contributed by atoms with Crippen LogP contribution in [0.15, 0.2) is 48.5 Å². The summed E-state index contributed by atoms with van der Waals surface area (Å²) in [6.07, 6.45) is 2.88. The predicted molar refractivity (Wildman–Crippen MR) is 117 cm³/mol. The van der Waals surface area contributed by atoms with Gasteiger partial charge in [0.25, 0.3) is 5.91 Å². The maximum Gasteiger partial charge on any atom is 0.350 e. The number of benzene rings is 2. The Morgan fingerprint density at radius 3 is 2.60 bits per heavy atom. The van der Waals surface area contributed by atoms with Crippen LogP contribution in [0.1, 0.15) is 28.1 Å². The van der Waals surface area contributed by atoms with E-state index in [2.05, 4.69) is 12.1 Å². The zero-order valence-corrected chi connectivity index (χ0v) is 17.8. The van der Waals surface area contributed by atoms with E-state index in [0.29, 0.717) is 29.1 Å². The second kappa shape index (κ2) is 9.14. The molecule has 0 unspecified atom stereocenters. The van der Waals surface area contributed by atoms with E-state index in [1.54, 1.807) is 4.90 Å². The summed E-state index contributed by atoms with van der Waals surface area (Å²) in [4.78, 5) is 26.8. The molecule has 0 aliphatic carbocycles. The maximum absolute atomic E-state index is 13.4. The Morgan fingerprint density at radius 1 is 1.13 bits per heavy atom. The Morgan fingerprint density at radius 2 is 1.87 bits per heavy atom. The molecule has 2 heterocycles. The number of carbonyl (C=O) groups is 2. The van der Waals surface area contributed by atoms with Gasteiger partial charge in [0.05, 0.1) is 5.02 Å². The first-order valence-electron chi connectivity index (χ1n) is 9.87. The number of amides is 1. The van der Waals surface area contributed by atoms with E-state index < -0.39 is 11.8 Å². The summed E-state index contributed by atoms with van der Waals surface area (Å²) in [6.45, 7) is 1.01. The highest BCUT2D eigenvalue weighted by Gasteiger charge is 2.25. The number of carbonyl (C=O) groups excluding carboxylic acids is 2. The quantitative estimate of drug-likeness (QED) is 0.498. The Hall–Kier alpha value is -2.44. The van der Waals surface area contributed by atoms with Gasteiger partial charge in [0, 0.05) is 23.2 Å². The van der Waals surface area contributed by atoms with Crippen LogP contribution in [0, 0.1) is 11.7 Å². The third-order valence-electron chi connectivity index (χ3n) is 5.44. The van der Waals surface area contributed by atoms with E-state index in [0.717, 1.165) is 30.6 Å². The first kappa shape index (κ1) is 20.8. The summed E-state index contributed by atoms with van der Waals surface area (Å²) in [5, 5.41) is 0.830. The standard InChI is InChI=1S/C23H21ClFNO3S/c24-21-18-7-6-17(25)13-19(18)30-22(21)23(28)29-14-20(27)26-10-8-16(9-11-26)12-15-4-2-1-3-5-15/h1-7,13,16H,8-12,14H2. The summed E-state index contributed by atoms with van der Waals surface area (Å²) >= 11 is 7.31. The molecule has 7 heteroatoms. The number of thiophene rings is 1. The molecule has 0 radical (unpaired) electrons. The molecule has 1 aliphatic heterocycles. The zero-order valence-electron chi connectivity index (χ0n) is 16.3. The highest BCUT2D eigenvalue weighted by atomic mass is 35.5. The van der Waals surface area contributed by atoms with Crippen LogP contribution < -0.4 is 0 Å². The van der Waals surface area contributed by atoms with Gasteiger partial charge in [0.2, 0.25) is 0 Å². The monoisotopic (exact) mass is 445 g/mol. The lowest BCUT2D eigenvalue weighted by Crippen LogP contribution is -2.41. The van der Waals surface area contributed by atoms with E-state index in [1.165, 1.54) is 23.8 Å². The highest BCUT2D eigenvalue weighted by Crippen LogP contribution is 2.36. The van der Waals surface area contributed by atoms with E-state index >= 15 is 0 Å². The van der Waals surface area contributed by atoms with Crippen LogP contribution in [0.4, 0.5) is 4.39 Å². The molecule has 0 bridgehead atoms. The molecular weight excluding hydrogens is 425 g/mol. The number of hydrogen-bond donors (Lipinski definition) is 0. The van der Waals surface area contributed by atoms with Gasteiger partial charge in [-0.15, -0.1) is 11.3 Å². The van der Waals surface area contributed by atoms with Crippen LogP contribution >= 0.6 is 22.9 Å². The number of piperidine rings is 1. The summed E-state index contributed by atoms with van der Waals surface area (Å²) < 4.78 is 19.2. The lowest BCUT2D eigenvalue weighted by molar-refractivity contribution is -0.135. The van der Waals surface area contributed by atoms with E-state index in [-0.39, 0.29) is 22.4 Å². The summed E-state index contributed by atoms with van der Waals surface area (Å²) in [7, 11) is 0. The second-order valence-corrected chi connectivity index (χ2v) is 8.91. The third-order valence-corrected chi connectivity index (χ3v) is 7.08. The third kappa shape index (κ3) is 4.65. The first-order chi connectivity index (χ1) is 14.5. The van der Waals surface area contributed by atoms with Gasteiger partial charge < -0.3 is 9.64 Å². The molecule has 1 fully saturated rings. The van der Waals surface area contributed by atoms with Crippen molar-refractivity contribution in [3.05, 3.63) is 69.8 Å². The predicted octanol–water partition coefficient (Wildman–Crippen LogP) is 5.33. The SMILES string of the molecule is O=C(OCC(=O)N1CCC(Cc2ccccc2)CC1)c1sc2cc(F)ccc2c1Cl. The fourth-order valence-corrected chi connectivity index (χ4v) is 5.22. The molecule has 1 aromatic heterocycles. The number of fused-ring (bicyclic) bond motifs is 1. The number of rotatable bonds is 5. The first-order valence-corrected chi connectivity index (χ1v) is 11.1. The van der Waals surface area contributed by atoms with Gasteiger partial charge in [-0.25, -0.2) is 9.18 Å². The Labute approximate surface area is 183 Å². The van der Waals surface area contributed by atoms with Crippen LogP contribution in [-0.4, -0.2) is 36.5 Å². The van der Waals surface area contributed by atoms with Gasteiger partial charge in [-0.1, -0.05) is 41.9 Å². The van der Waals surface area contributed by atoms with Crippen LogP contribution in [-0.2, 0) is 16.0 Å². The summed E-state index contributed by atoms with van der Waals surface area (Å²) in [5.74, 6) is -0.707. The van der Waals surface area contributed by atoms with E-state index in [1.807, 2.05) is 18.2 Å². The van der Waals surface area contributed by atoms with Crippen LogP contribution in [0.2, 0.25) is 5.02 Å². The molecule has 156 valence electrons. The van der Waals surface area contributed by atoms with Crippen LogP contribution in [0.5, 0.6) is 0 Å². The number of ether oxygens (including phenoxy) is 1. The minimum absolute atomic E-state index is 0.187. The topological polar surface area (TPSA) is 46.6 Å². The summed E-state index contributed by atoms with van der Waals surface area (Å²) in [5.41, 5.74) is 1.32. The van der Waals surface area contributed by atoms with Crippen molar-refractivity contribution < 1.29 is 18.7 Å². The van der Waals surface area contributed by atoms with Crippen LogP contribution in [0.25, 0.3) is 10.1 Å². The van der Waals surface area contributed by atoms with Gasteiger partial charge >= 0.3 is 5.97 Å². The maximum atomic E-state index is 13.4. The number of halogens is 2. The molecule has 0 N–H and O–H groups in total. The Balaban J connectivity index is 1.29. The molecule has 0 atom stereocenters. The average molecular weight is 446 g/mol. The average Bonchev–Trinajstić information content (AvgIpc) is 3.08. The van der Waals surface area contributed by atoms with Gasteiger partial charge in [0.1, 0.15) is 10.7 Å². The van der Waals surface area contributed by atoms with E-state index in [9.17, 15) is 14.0 Å². The smallest absolute Gasteiger partial charge is 0.350 e. The molecule has 1 amide bonds. The minimum atomic E-state index is -0.658. The van der Waals surface area contributed by atoms with Crippen molar-refractivity contribution in [2.24, 2.45) is 5.92 Å². The fraction of sp³-hybridized carbons (Fsp3) is 0.304. The summed E-state index contributed by atoms with van der Waals surface area (Å²) in [6, 6.07) is 14.5. The molecule has 0 saturated carbocycles. The van der Waals surface area contributed by atoms with Crippen molar-refractivity contribution in [2.75, 3.05) is 19.7 Å². The minimum Gasteiger partial charge on any atom is -0.451 e. The Kier molecular flexibility index (Phi) is 6.35. The van der Waals surface area contributed by atoms with Crippen molar-refractivity contribution in [1.29, 1.82) is 0 Å². The van der Waals surface area contributed by atoms with E-state index in [4.69, 9.17) is 16.3 Å². The Bertz CT molecular complexity index is 1060. The zero-order chi connectivity index (χ0) is 21.1. The molecule has 2 aromatic carbocycles. The molecule has 1 saturated heterocycles. The normalized spacial score (nSPS) is 14.8. The molecule has 30 heavy (non-hydrogen) atoms. The van der Waals surface area contributed by atoms with Crippen LogP contribution in [0.3, 0.4) is 0 Å². The number of esters is 1. The largest absolute Gasteiger partial charge is 0.451 e. The lowest BCUT2D eigenvalue weighted by atomic mass is 9.90. The van der Waals surface area contributed by atoms with Gasteiger partial charge in [-0.2, -0.15) is 0 Å². The molecular formula is C23H21ClFNO3S. The molecule has 4 nitrogen and oxygen atoms in total. The molecule has 0 spiro atoms. The van der Waals surface area contributed by atoms with Crippen molar-refractivity contribution in [3.8, 4) is 0 Å². The van der Waals surface area contributed by atoms with Crippen molar-refractivity contribution >= 4 is 44.9 Å². The number of hydrogen-bond acceptors (Lipinski definition) is 4. The number of likely N-dealkylation sites (tertiary alicyclic amines) is 1. The lowest BCUT2D eigenvalue weighted by Gasteiger charge is -2.32. The fourth-order valence-electron chi connectivity index (χ4n) is 3.79. The van der Waals surface area contributed by atoms with Crippen molar-refractivity contribution in [3.63, 3.8) is 0 Å². The molecule has 1 aliphatic rings. The number of nitrogens with zero attached hydrogens (tertiary/aromatic N) is 1. The molecule has 4 rings (SSSR count). The van der Waals surface area contributed by atoms with Crippen molar-refractivity contribution in [1.82, 2.24) is 4.90 Å². The van der Waals surface area contributed by atoms with Gasteiger partial charge in [-0.05, 0) is 48.9 Å².